The fourth-order valence-electron chi connectivity index (χ4n) is 1.55. The maximum atomic E-state index is 12.4. The average Bonchev–Trinajstić information content (AvgIpc) is 2.89. The second-order valence-corrected chi connectivity index (χ2v) is 6.35. The topological polar surface area (TPSA) is 68.1 Å². The number of imidazole rings is 1. The average molecular weight is 280 g/mol. The molecule has 0 unspecified atom stereocenters. The highest BCUT2D eigenvalue weighted by Crippen LogP contribution is 2.20. The third kappa shape index (κ3) is 2.60. The van der Waals surface area contributed by atoms with Crippen molar-refractivity contribution < 1.29 is 8.42 Å². The second kappa shape index (κ2) is 5.00. The Balaban J connectivity index is 2.36. The van der Waals surface area contributed by atoms with Crippen LogP contribution in [0.15, 0.2) is 42.1 Å². The zero-order chi connectivity index (χ0) is 14.0. The summed E-state index contributed by atoms with van der Waals surface area (Å²) < 4.78 is 27.7. The summed E-state index contributed by atoms with van der Waals surface area (Å²) in [5, 5.41) is 0.0348. The molecule has 0 aliphatic carbocycles. The molecule has 6 nitrogen and oxygen atoms in total. The van der Waals surface area contributed by atoms with Crippen molar-refractivity contribution in [2.45, 2.75) is 24.9 Å². The lowest BCUT2D eigenvalue weighted by Gasteiger charge is -2.17. The van der Waals surface area contributed by atoms with Crippen LogP contribution in [0.1, 0.15) is 19.9 Å². The molecular formula is C12H16N4O2S. The van der Waals surface area contributed by atoms with E-state index in [4.69, 9.17) is 0 Å². The van der Waals surface area contributed by atoms with Gasteiger partial charge in [-0.1, -0.05) is 0 Å². The van der Waals surface area contributed by atoms with Gasteiger partial charge in [-0.15, -0.1) is 0 Å². The molecule has 0 bridgehead atoms. The van der Waals surface area contributed by atoms with E-state index < -0.39 is 10.0 Å². The molecule has 2 heterocycles. The molecule has 0 spiro atoms. The number of hydrogen-bond donors (Lipinski definition) is 0. The van der Waals surface area contributed by atoms with Gasteiger partial charge in [-0.2, -0.15) is 8.42 Å². The van der Waals surface area contributed by atoms with Gasteiger partial charge in [0.05, 0.1) is 18.2 Å². The molecule has 0 atom stereocenters. The van der Waals surface area contributed by atoms with Crippen LogP contribution in [-0.4, -0.2) is 30.0 Å². The zero-order valence-corrected chi connectivity index (χ0v) is 11.9. The van der Waals surface area contributed by atoms with Gasteiger partial charge in [0.1, 0.15) is 0 Å². The normalized spacial score (nSPS) is 11.8. The summed E-state index contributed by atoms with van der Waals surface area (Å²) in [7, 11) is -2.16. The summed E-state index contributed by atoms with van der Waals surface area (Å²) in [5.74, 6) is 0. The standard InChI is InChI=1S/C12H16N4O2S/c1-10(2)16-8-12(14-9-16)19(17,18)15(3)11-5-4-6-13-7-11/h4-10H,1-3H3. The Morgan fingerprint density at radius 1 is 1.37 bits per heavy atom. The first-order valence-corrected chi connectivity index (χ1v) is 7.29. The lowest BCUT2D eigenvalue weighted by molar-refractivity contribution is 0.587. The Bertz CT molecular complexity index is 649. The number of pyridine rings is 1. The maximum Gasteiger partial charge on any atom is 0.283 e. The molecule has 7 heteroatoms. The van der Waals surface area contributed by atoms with E-state index in [1.807, 2.05) is 13.8 Å². The predicted octanol–water partition coefficient (Wildman–Crippen LogP) is 1.68. The highest BCUT2D eigenvalue weighted by molar-refractivity contribution is 7.92. The molecule has 0 amide bonds. The number of aromatic nitrogens is 3. The van der Waals surface area contributed by atoms with Crippen LogP contribution in [0, 0.1) is 0 Å². The van der Waals surface area contributed by atoms with Crippen molar-refractivity contribution in [3.63, 3.8) is 0 Å². The van der Waals surface area contributed by atoms with Crippen molar-refractivity contribution in [1.29, 1.82) is 0 Å². The van der Waals surface area contributed by atoms with Crippen LogP contribution in [-0.2, 0) is 10.0 Å². The number of anilines is 1. The fraction of sp³-hybridized carbons (Fsp3) is 0.333. The van der Waals surface area contributed by atoms with Crippen molar-refractivity contribution in [3.8, 4) is 0 Å². The Hall–Kier alpha value is -1.89. The van der Waals surface area contributed by atoms with Gasteiger partial charge < -0.3 is 4.57 Å². The molecule has 0 saturated heterocycles. The Kier molecular flexibility index (Phi) is 3.57. The molecular weight excluding hydrogens is 264 g/mol. The van der Waals surface area contributed by atoms with Crippen LogP contribution >= 0.6 is 0 Å². The summed E-state index contributed by atoms with van der Waals surface area (Å²) in [5.41, 5.74) is 0.501. The zero-order valence-electron chi connectivity index (χ0n) is 11.1. The van der Waals surface area contributed by atoms with Gasteiger partial charge in [-0.05, 0) is 26.0 Å². The number of nitrogens with zero attached hydrogens (tertiary/aromatic N) is 4. The van der Waals surface area contributed by atoms with Crippen LogP contribution in [0.3, 0.4) is 0 Å². The number of hydrogen-bond acceptors (Lipinski definition) is 4. The van der Waals surface area contributed by atoms with E-state index in [1.54, 1.807) is 22.9 Å². The molecule has 0 aromatic carbocycles. The molecule has 19 heavy (non-hydrogen) atoms. The summed E-state index contributed by atoms with van der Waals surface area (Å²) >= 11 is 0. The van der Waals surface area contributed by atoms with Gasteiger partial charge in [-0.25, -0.2) is 4.98 Å². The van der Waals surface area contributed by atoms with Crippen LogP contribution in [0.4, 0.5) is 5.69 Å². The van der Waals surface area contributed by atoms with E-state index in [9.17, 15) is 8.42 Å². The molecule has 2 aromatic heterocycles. The molecule has 0 aliphatic heterocycles. The molecule has 0 radical (unpaired) electrons. The minimum Gasteiger partial charge on any atom is -0.334 e. The van der Waals surface area contributed by atoms with Crippen molar-refractivity contribution in [2.75, 3.05) is 11.4 Å². The van der Waals surface area contributed by atoms with Gasteiger partial charge in [0, 0.05) is 25.5 Å². The Morgan fingerprint density at radius 3 is 2.63 bits per heavy atom. The molecule has 0 aliphatic rings. The van der Waals surface area contributed by atoms with E-state index in [2.05, 4.69) is 9.97 Å². The van der Waals surface area contributed by atoms with Crippen molar-refractivity contribution in [1.82, 2.24) is 14.5 Å². The van der Waals surface area contributed by atoms with E-state index in [0.717, 1.165) is 0 Å². The summed E-state index contributed by atoms with van der Waals surface area (Å²) in [4.78, 5) is 7.88. The number of rotatable bonds is 4. The molecule has 2 aromatic rings. The minimum absolute atomic E-state index is 0.0348. The minimum atomic E-state index is -3.64. The van der Waals surface area contributed by atoms with Crippen molar-refractivity contribution >= 4 is 15.7 Å². The number of sulfonamides is 1. The molecule has 0 fully saturated rings. The predicted molar refractivity (Wildman–Crippen MR) is 72.4 cm³/mol. The van der Waals surface area contributed by atoms with Crippen molar-refractivity contribution in [2.24, 2.45) is 0 Å². The smallest absolute Gasteiger partial charge is 0.283 e. The first-order chi connectivity index (χ1) is 8.93. The monoisotopic (exact) mass is 280 g/mol. The van der Waals surface area contributed by atoms with Crippen molar-refractivity contribution in [3.05, 3.63) is 37.1 Å². The van der Waals surface area contributed by atoms with Crippen LogP contribution < -0.4 is 4.31 Å². The summed E-state index contributed by atoms with van der Waals surface area (Å²) in [6.45, 7) is 3.92. The summed E-state index contributed by atoms with van der Waals surface area (Å²) in [6, 6.07) is 3.54. The van der Waals surface area contributed by atoms with Crippen LogP contribution in [0.25, 0.3) is 0 Å². The highest BCUT2D eigenvalue weighted by atomic mass is 32.2. The largest absolute Gasteiger partial charge is 0.334 e. The van der Waals surface area contributed by atoms with Gasteiger partial charge in [0.25, 0.3) is 10.0 Å². The molecule has 0 saturated carbocycles. The van der Waals surface area contributed by atoms with Gasteiger partial charge in [-0.3, -0.25) is 9.29 Å². The van der Waals surface area contributed by atoms with E-state index in [-0.39, 0.29) is 11.1 Å². The first kappa shape index (κ1) is 13.5. The molecule has 102 valence electrons. The van der Waals surface area contributed by atoms with Gasteiger partial charge >= 0.3 is 0 Å². The highest BCUT2D eigenvalue weighted by Gasteiger charge is 2.24. The molecule has 2 rings (SSSR count). The van der Waals surface area contributed by atoms with E-state index in [0.29, 0.717) is 5.69 Å². The summed E-state index contributed by atoms with van der Waals surface area (Å²) in [6.07, 6.45) is 6.15. The third-order valence-corrected chi connectivity index (χ3v) is 4.48. The van der Waals surface area contributed by atoms with E-state index in [1.165, 1.54) is 30.1 Å². The first-order valence-electron chi connectivity index (χ1n) is 5.85. The Labute approximate surface area is 112 Å². The fourth-order valence-corrected chi connectivity index (χ4v) is 2.65. The van der Waals surface area contributed by atoms with Crippen LogP contribution in [0.2, 0.25) is 0 Å². The maximum absolute atomic E-state index is 12.4. The molecule has 0 N–H and O–H groups in total. The van der Waals surface area contributed by atoms with Gasteiger partial charge in [0.15, 0.2) is 5.03 Å². The SMILES string of the molecule is CC(C)n1cnc(S(=O)(=O)N(C)c2cccnc2)c1. The Morgan fingerprint density at radius 2 is 2.11 bits per heavy atom. The second-order valence-electron chi connectivity index (χ2n) is 4.44. The quantitative estimate of drug-likeness (QED) is 0.854. The third-order valence-electron chi connectivity index (χ3n) is 2.81. The lowest BCUT2D eigenvalue weighted by Crippen LogP contribution is -2.26. The van der Waals surface area contributed by atoms with E-state index >= 15 is 0 Å². The van der Waals surface area contributed by atoms with Gasteiger partial charge in [0.2, 0.25) is 0 Å². The lowest BCUT2D eigenvalue weighted by atomic mass is 10.4. The van der Waals surface area contributed by atoms with Crippen LogP contribution in [0.5, 0.6) is 0 Å².